The largest absolute Gasteiger partial charge is 0.477 e. The minimum atomic E-state index is -0.840. The van der Waals surface area contributed by atoms with Gasteiger partial charge in [-0.05, 0) is 31.0 Å². The van der Waals surface area contributed by atoms with Gasteiger partial charge in [0, 0.05) is 23.0 Å². The van der Waals surface area contributed by atoms with Crippen molar-refractivity contribution in [1.82, 2.24) is 10.3 Å². The predicted molar refractivity (Wildman–Crippen MR) is 120 cm³/mol. The third-order valence-corrected chi connectivity index (χ3v) is 5.62. The van der Waals surface area contributed by atoms with Gasteiger partial charge in [-0.1, -0.05) is 44.2 Å². The van der Waals surface area contributed by atoms with Gasteiger partial charge in [0.2, 0.25) is 5.56 Å². The molecule has 0 saturated heterocycles. The Balaban J connectivity index is 1.72. The maximum Gasteiger partial charge on any atom is 0.263 e. The number of amides is 2. The van der Waals surface area contributed by atoms with Gasteiger partial charge in [0.25, 0.3) is 11.8 Å². The summed E-state index contributed by atoms with van der Waals surface area (Å²) in [6.07, 6.45) is 0.785. The molecular weight excluding hydrogens is 394 g/mol. The van der Waals surface area contributed by atoms with Crippen LogP contribution in [0.3, 0.4) is 0 Å². The summed E-state index contributed by atoms with van der Waals surface area (Å²) in [6.45, 7) is 4.08. The van der Waals surface area contributed by atoms with E-state index in [1.54, 1.807) is 36.4 Å². The Kier molecular flexibility index (Phi) is 5.75. The van der Waals surface area contributed by atoms with Gasteiger partial charge in [0.1, 0.15) is 5.75 Å². The van der Waals surface area contributed by atoms with Crippen LogP contribution < -0.4 is 20.5 Å². The van der Waals surface area contributed by atoms with Crippen LogP contribution in [0.2, 0.25) is 0 Å². The number of aromatic amines is 1. The molecule has 1 atom stereocenters. The van der Waals surface area contributed by atoms with Crippen LogP contribution in [0.5, 0.6) is 5.75 Å². The molecule has 160 valence electrons. The maximum absolute atomic E-state index is 13.6. The van der Waals surface area contributed by atoms with E-state index in [1.807, 2.05) is 26.0 Å². The molecule has 0 spiro atoms. The molecular formula is C24H25N3O4. The lowest BCUT2D eigenvalue weighted by Gasteiger charge is -2.35. The number of benzene rings is 2. The molecule has 1 unspecified atom stereocenters. The smallest absolute Gasteiger partial charge is 0.263 e. The first-order chi connectivity index (χ1) is 15.0. The van der Waals surface area contributed by atoms with Crippen LogP contribution in [0.4, 0.5) is 5.69 Å². The van der Waals surface area contributed by atoms with E-state index in [1.165, 1.54) is 11.0 Å². The zero-order valence-electron chi connectivity index (χ0n) is 17.6. The Morgan fingerprint density at radius 1 is 1.13 bits per heavy atom. The molecule has 0 saturated carbocycles. The van der Waals surface area contributed by atoms with Crippen molar-refractivity contribution >= 4 is 28.4 Å². The second kappa shape index (κ2) is 8.63. The van der Waals surface area contributed by atoms with Crippen molar-refractivity contribution < 1.29 is 14.3 Å². The maximum atomic E-state index is 13.6. The first kappa shape index (κ1) is 20.7. The van der Waals surface area contributed by atoms with Crippen LogP contribution in [0.1, 0.15) is 37.0 Å². The number of nitrogens with one attached hydrogen (secondary N) is 2. The van der Waals surface area contributed by atoms with E-state index in [4.69, 9.17) is 4.74 Å². The van der Waals surface area contributed by atoms with Crippen molar-refractivity contribution in [3.63, 3.8) is 0 Å². The van der Waals surface area contributed by atoms with E-state index in [9.17, 15) is 14.4 Å². The Morgan fingerprint density at radius 3 is 2.61 bits per heavy atom. The Labute approximate surface area is 180 Å². The number of aromatic nitrogens is 1. The van der Waals surface area contributed by atoms with E-state index in [0.29, 0.717) is 22.3 Å². The molecule has 2 aromatic carbocycles. The highest BCUT2D eigenvalue weighted by Crippen LogP contribution is 2.34. The second-order valence-corrected chi connectivity index (χ2v) is 7.60. The second-order valence-electron chi connectivity index (χ2n) is 7.60. The van der Waals surface area contributed by atoms with Crippen LogP contribution in [0.15, 0.2) is 59.4 Å². The first-order valence-corrected chi connectivity index (χ1v) is 10.5. The summed E-state index contributed by atoms with van der Waals surface area (Å²) in [5, 5.41) is 3.65. The molecule has 1 aromatic heterocycles. The minimum absolute atomic E-state index is 0.0500. The van der Waals surface area contributed by atoms with Crippen molar-refractivity contribution in [2.75, 3.05) is 11.4 Å². The van der Waals surface area contributed by atoms with Gasteiger partial charge >= 0.3 is 0 Å². The lowest BCUT2D eigenvalue weighted by molar-refractivity contribution is -0.128. The summed E-state index contributed by atoms with van der Waals surface area (Å²) >= 11 is 0. The highest BCUT2D eigenvalue weighted by Gasteiger charge is 2.35. The third-order valence-electron chi connectivity index (χ3n) is 5.62. The number of para-hydroxylation sites is 3. The molecule has 7 nitrogen and oxygen atoms in total. The fourth-order valence-corrected chi connectivity index (χ4v) is 3.88. The topological polar surface area (TPSA) is 91.5 Å². The van der Waals surface area contributed by atoms with E-state index in [-0.39, 0.29) is 35.5 Å². The predicted octanol–water partition coefficient (Wildman–Crippen LogP) is 3.24. The molecule has 3 aromatic rings. The molecule has 1 aliphatic rings. The third kappa shape index (κ3) is 4.03. The highest BCUT2D eigenvalue weighted by molar-refractivity contribution is 6.14. The molecule has 0 radical (unpaired) electrons. The molecule has 0 aliphatic carbocycles. The summed E-state index contributed by atoms with van der Waals surface area (Å²) in [6, 6.07) is 15.6. The Bertz CT molecular complexity index is 1180. The van der Waals surface area contributed by atoms with Gasteiger partial charge in [-0.3, -0.25) is 14.4 Å². The summed E-state index contributed by atoms with van der Waals surface area (Å²) in [5.74, 6) is -0.143. The Hall–Kier alpha value is -3.61. The quantitative estimate of drug-likeness (QED) is 0.664. The van der Waals surface area contributed by atoms with Gasteiger partial charge in [0.15, 0.2) is 6.10 Å². The molecule has 31 heavy (non-hydrogen) atoms. The highest BCUT2D eigenvalue weighted by atomic mass is 16.5. The lowest BCUT2D eigenvalue weighted by atomic mass is 10.1. The summed E-state index contributed by atoms with van der Waals surface area (Å²) in [7, 11) is 0. The van der Waals surface area contributed by atoms with Crippen LogP contribution in [-0.4, -0.2) is 35.5 Å². The zero-order valence-corrected chi connectivity index (χ0v) is 17.6. The minimum Gasteiger partial charge on any atom is -0.477 e. The molecule has 0 fully saturated rings. The van der Waals surface area contributed by atoms with E-state index in [0.717, 1.165) is 12.8 Å². The molecule has 2 heterocycles. The SMILES string of the molecule is CCC(CC)NC(=O)C1CN(C(=O)c2cc(=O)[nH]c3ccccc23)c2ccccc2O1. The number of H-pyrrole nitrogens is 1. The number of hydrogen-bond donors (Lipinski definition) is 2. The molecule has 7 heteroatoms. The Morgan fingerprint density at radius 2 is 1.84 bits per heavy atom. The zero-order chi connectivity index (χ0) is 22.0. The van der Waals surface area contributed by atoms with Gasteiger partial charge < -0.3 is 19.9 Å². The first-order valence-electron chi connectivity index (χ1n) is 10.5. The fourth-order valence-electron chi connectivity index (χ4n) is 3.88. The van der Waals surface area contributed by atoms with Crippen molar-refractivity contribution in [3.05, 3.63) is 70.5 Å². The number of fused-ring (bicyclic) bond motifs is 2. The van der Waals surface area contributed by atoms with Crippen LogP contribution in [-0.2, 0) is 4.79 Å². The average molecular weight is 419 g/mol. The number of ether oxygens (including phenoxy) is 1. The van der Waals surface area contributed by atoms with Gasteiger partial charge in [-0.25, -0.2) is 0 Å². The number of carbonyl (C=O) groups excluding carboxylic acids is 2. The summed E-state index contributed by atoms with van der Waals surface area (Å²) in [4.78, 5) is 43.0. The van der Waals surface area contributed by atoms with Crippen LogP contribution >= 0.6 is 0 Å². The van der Waals surface area contributed by atoms with E-state index in [2.05, 4.69) is 10.3 Å². The lowest BCUT2D eigenvalue weighted by Crippen LogP contribution is -2.52. The standard InChI is InChI=1S/C24H25N3O4/c1-3-15(4-2)25-23(29)21-14-27(19-11-7-8-12-20(19)31-21)24(30)17-13-22(28)26-18-10-6-5-9-16(17)18/h5-13,15,21H,3-4,14H2,1-2H3,(H,25,29)(H,26,28). The molecule has 4 rings (SSSR count). The van der Waals surface area contributed by atoms with Crippen molar-refractivity contribution in [3.8, 4) is 5.75 Å². The monoisotopic (exact) mass is 419 g/mol. The number of anilines is 1. The molecule has 2 N–H and O–H groups in total. The van der Waals surface area contributed by atoms with Crippen LogP contribution in [0.25, 0.3) is 10.9 Å². The van der Waals surface area contributed by atoms with E-state index >= 15 is 0 Å². The van der Waals surface area contributed by atoms with Gasteiger partial charge in [-0.2, -0.15) is 0 Å². The number of hydrogen-bond acceptors (Lipinski definition) is 4. The normalized spacial score (nSPS) is 15.5. The van der Waals surface area contributed by atoms with Crippen molar-refractivity contribution in [1.29, 1.82) is 0 Å². The number of nitrogens with zero attached hydrogens (tertiary/aromatic N) is 1. The summed E-state index contributed by atoms with van der Waals surface area (Å²) < 4.78 is 5.94. The van der Waals surface area contributed by atoms with Crippen LogP contribution in [0, 0.1) is 0 Å². The fraction of sp³-hybridized carbons (Fsp3) is 0.292. The number of rotatable bonds is 5. The average Bonchev–Trinajstić information content (AvgIpc) is 2.80. The summed E-state index contributed by atoms with van der Waals surface area (Å²) in [5.41, 5.74) is 1.09. The molecule has 2 amide bonds. The number of pyridine rings is 1. The van der Waals surface area contributed by atoms with Crippen molar-refractivity contribution in [2.24, 2.45) is 0 Å². The van der Waals surface area contributed by atoms with Gasteiger partial charge in [-0.15, -0.1) is 0 Å². The molecule has 0 bridgehead atoms. The van der Waals surface area contributed by atoms with E-state index < -0.39 is 6.10 Å². The molecule has 1 aliphatic heterocycles. The van der Waals surface area contributed by atoms with Gasteiger partial charge in [0.05, 0.1) is 17.8 Å². The number of carbonyl (C=O) groups is 2. The van der Waals surface area contributed by atoms with Crippen molar-refractivity contribution in [2.45, 2.75) is 38.8 Å².